The summed E-state index contributed by atoms with van der Waals surface area (Å²) in [5.74, 6) is 2.45. The lowest BCUT2D eigenvalue weighted by Gasteiger charge is -2.15. The Balaban J connectivity index is 2.09. The van der Waals surface area contributed by atoms with Gasteiger partial charge in [-0.2, -0.15) is 0 Å². The van der Waals surface area contributed by atoms with Crippen molar-refractivity contribution in [1.29, 1.82) is 0 Å². The van der Waals surface area contributed by atoms with Crippen molar-refractivity contribution in [2.24, 2.45) is 5.11 Å². The third-order valence-corrected chi connectivity index (χ3v) is 3.15. The SMILES string of the molecule is C#Cc1cc(N=[N+]=[N-])cc(NC(=O)N[C@H](C)c2ccccc2)c1. The van der Waals surface area contributed by atoms with Gasteiger partial charge in [0.1, 0.15) is 0 Å². The van der Waals surface area contributed by atoms with Crippen molar-refractivity contribution in [3.8, 4) is 12.3 Å². The Morgan fingerprint density at radius 2 is 2.04 bits per heavy atom. The van der Waals surface area contributed by atoms with Gasteiger partial charge in [0.15, 0.2) is 0 Å². The Hall–Kier alpha value is -3.42. The number of carbonyl (C=O) groups is 1. The monoisotopic (exact) mass is 305 g/mol. The summed E-state index contributed by atoms with van der Waals surface area (Å²) in [4.78, 5) is 14.8. The molecular weight excluding hydrogens is 290 g/mol. The average Bonchev–Trinajstić information content (AvgIpc) is 2.55. The van der Waals surface area contributed by atoms with Gasteiger partial charge in [-0.05, 0) is 36.2 Å². The Morgan fingerprint density at radius 1 is 1.30 bits per heavy atom. The maximum absolute atomic E-state index is 12.1. The molecule has 0 saturated heterocycles. The number of terminal acetylenes is 1. The fraction of sp³-hybridized carbons (Fsp3) is 0.118. The first-order chi connectivity index (χ1) is 11.1. The summed E-state index contributed by atoms with van der Waals surface area (Å²) >= 11 is 0. The molecule has 0 radical (unpaired) electrons. The van der Waals surface area contributed by atoms with E-state index in [-0.39, 0.29) is 12.1 Å². The van der Waals surface area contributed by atoms with E-state index in [4.69, 9.17) is 12.0 Å². The molecule has 0 saturated carbocycles. The van der Waals surface area contributed by atoms with Crippen molar-refractivity contribution < 1.29 is 4.79 Å². The van der Waals surface area contributed by atoms with Crippen LogP contribution in [0.2, 0.25) is 0 Å². The standard InChI is InChI=1S/C17H15N5O/c1-3-13-9-15(11-16(10-13)21-22-18)20-17(23)19-12(2)14-7-5-4-6-8-14/h1,4-12H,2H3,(H2,19,20,23)/t12-/m1/s1. The molecule has 2 amide bonds. The van der Waals surface area contributed by atoms with Crippen molar-refractivity contribution in [3.05, 3.63) is 70.1 Å². The van der Waals surface area contributed by atoms with E-state index in [9.17, 15) is 4.79 Å². The van der Waals surface area contributed by atoms with Crippen LogP contribution in [0.5, 0.6) is 0 Å². The molecule has 2 aromatic rings. The lowest BCUT2D eigenvalue weighted by Crippen LogP contribution is -2.31. The van der Waals surface area contributed by atoms with Gasteiger partial charge in [0.25, 0.3) is 0 Å². The molecular formula is C17H15N5O. The molecule has 2 N–H and O–H groups in total. The van der Waals surface area contributed by atoms with Crippen molar-refractivity contribution in [2.45, 2.75) is 13.0 Å². The van der Waals surface area contributed by atoms with E-state index in [2.05, 4.69) is 26.6 Å². The van der Waals surface area contributed by atoms with E-state index in [1.54, 1.807) is 18.2 Å². The number of carbonyl (C=O) groups excluding carboxylic acids is 1. The predicted octanol–water partition coefficient (Wildman–Crippen LogP) is 4.49. The normalized spacial score (nSPS) is 10.8. The number of azide groups is 1. The van der Waals surface area contributed by atoms with Gasteiger partial charge in [0.05, 0.1) is 6.04 Å². The van der Waals surface area contributed by atoms with Crippen molar-refractivity contribution in [1.82, 2.24) is 5.32 Å². The highest BCUT2D eigenvalue weighted by atomic mass is 16.2. The molecule has 2 rings (SSSR count). The molecule has 0 fully saturated rings. The molecule has 6 heteroatoms. The fourth-order valence-corrected chi connectivity index (χ4v) is 2.06. The first-order valence-corrected chi connectivity index (χ1v) is 6.91. The maximum Gasteiger partial charge on any atom is 0.319 e. The topological polar surface area (TPSA) is 89.9 Å². The van der Waals surface area contributed by atoms with E-state index in [1.165, 1.54) is 0 Å². The molecule has 2 aromatic carbocycles. The van der Waals surface area contributed by atoms with E-state index < -0.39 is 0 Å². The molecule has 6 nitrogen and oxygen atoms in total. The minimum atomic E-state index is -0.373. The number of hydrogen-bond donors (Lipinski definition) is 2. The zero-order valence-corrected chi connectivity index (χ0v) is 12.5. The number of hydrogen-bond acceptors (Lipinski definition) is 2. The van der Waals surface area contributed by atoms with Crippen molar-refractivity contribution in [2.75, 3.05) is 5.32 Å². The zero-order chi connectivity index (χ0) is 16.7. The summed E-state index contributed by atoms with van der Waals surface area (Å²) in [6.07, 6.45) is 5.36. The predicted molar refractivity (Wildman–Crippen MR) is 90.2 cm³/mol. The van der Waals surface area contributed by atoms with Gasteiger partial charge in [-0.25, -0.2) is 4.79 Å². The maximum atomic E-state index is 12.1. The number of benzene rings is 2. The van der Waals surface area contributed by atoms with Gasteiger partial charge < -0.3 is 10.6 Å². The van der Waals surface area contributed by atoms with E-state index in [0.29, 0.717) is 16.9 Å². The van der Waals surface area contributed by atoms with Crippen LogP contribution in [0, 0.1) is 12.3 Å². The number of nitrogens with zero attached hydrogens (tertiary/aromatic N) is 3. The Kier molecular flexibility index (Phi) is 5.24. The summed E-state index contributed by atoms with van der Waals surface area (Å²) in [6, 6.07) is 13.8. The molecule has 0 bridgehead atoms. The molecule has 23 heavy (non-hydrogen) atoms. The van der Waals surface area contributed by atoms with Crippen LogP contribution >= 0.6 is 0 Å². The number of anilines is 1. The summed E-state index contributed by atoms with van der Waals surface area (Å²) in [5, 5.41) is 9.02. The zero-order valence-electron chi connectivity index (χ0n) is 12.5. The minimum Gasteiger partial charge on any atom is -0.331 e. The third kappa shape index (κ3) is 4.53. The largest absolute Gasteiger partial charge is 0.331 e. The summed E-state index contributed by atoms with van der Waals surface area (Å²) in [6.45, 7) is 1.89. The lowest BCUT2D eigenvalue weighted by atomic mass is 10.1. The van der Waals surface area contributed by atoms with Crippen LogP contribution in [-0.2, 0) is 0 Å². The highest BCUT2D eigenvalue weighted by Gasteiger charge is 2.09. The molecule has 0 aliphatic heterocycles. The van der Waals surface area contributed by atoms with Crippen LogP contribution in [-0.4, -0.2) is 6.03 Å². The molecule has 1 atom stereocenters. The number of urea groups is 1. The lowest BCUT2D eigenvalue weighted by molar-refractivity contribution is 0.249. The Labute approximate surface area is 134 Å². The van der Waals surface area contributed by atoms with Gasteiger partial charge in [-0.1, -0.05) is 41.4 Å². The van der Waals surface area contributed by atoms with E-state index in [0.717, 1.165) is 5.56 Å². The summed E-state index contributed by atoms with van der Waals surface area (Å²) in [5.41, 5.74) is 10.8. The van der Waals surface area contributed by atoms with Crippen molar-refractivity contribution in [3.63, 3.8) is 0 Å². The fourth-order valence-electron chi connectivity index (χ4n) is 2.06. The molecule has 0 aliphatic rings. The highest BCUT2D eigenvalue weighted by Crippen LogP contribution is 2.21. The number of nitrogens with one attached hydrogen (secondary N) is 2. The minimum absolute atomic E-state index is 0.149. The molecule has 114 valence electrons. The second-order valence-corrected chi connectivity index (χ2v) is 4.83. The van der Waals surface area contributed by atoms with Gasteiger partial charge in [0, 0.05) is 21.8 Å². The molecule has 0 aliphatic carbocycles. The van der Waals surface area contributed by atoms with Gasteiger partial charge in [0.2, 0.25) is 0 Å². The highest BCUT2D eigenvalue weighted by molar-refractivity contribution is 5.90. The number of rotatable bonds is 4. The van der Waals surface area contributed by atoms with Crippen LogP contribution in [0.15, 0.2) is 53.6 Å². The Bertz CT molecular complexity index is 788. The van der Waals surface area contributed by atoms with Gasteiger partial charge >= 0.3 is 6.03 Å². The van der Waals surface area contributed by atoms with E-state index >= 15 is 0 Å². The Morgan fingerprint density at radius 3 is 2.70 bits per heavy atom. The second-order valence-electron chi connectivity index (χ2n) is 4.83. The van der Waals surface area contributed by atoms with Crippen LogP contribution in [0.4, 0.5) is 16.2 Å². The van der Waals surface area contributed by atoms with Gasteiger partial charge in [-0.3, -0.25) is 0 Å². The quantitative estimate of drug-likeness (QED) is 0.370. The van der Waals surface area contributed by atoms with Crippen LogP contribution in [0.1, 0.15) is 24.1 Å². The number of amides is 2. The molecule has 0 unspecified atom stereocenters. The second kappa shape index (κ2) is 7.55. The summed E-state index contributed by atoms with van der Waals surface area (Å²) < 4.78 is 0. The molecule has 0 heterocycles. The third-order valence-electron chi connectivity index (χ3n) is 3.15. The van der Waals surface area contributed by atoms with Crippen LogP contribution in [0.3, 0.4) is 0 Å². The first-order valence-electron chi connectivity index (χ1n) is 6.91. The average molecular weight is 305 g/mol. The van der Waals surface area contributed by atoms with Gasteiger partial charge in [-0.15, -0.1) is 6.42 Å². The first kappa shape index (κ1) is 16.0. The molecule has 0 aromatic heterocycles. The molecule has 0 spiro atoms. The van der Waals surface area contributed by atoms with E-state index in [1.807, 2.05) is 37.3 Å². The smallest absolute Gasteiger partial charge is 0.319 e. The summed E-state index contributed by atoms with van der Waals surface area (Å²) in [7, 11) is 0. The van der Waals surface area contributed by atoms with Crippen LogP contribution in [0.25, 0.3) is 10.4 Å². The van der Waals surface area contributed by atoms with Crippen molar-refractivity contribution >= 4 is 17.4 Å². The van der Waals surface area contributed by atoms with Crippen LogP contribution < -0.4 is 10.6 Å².